The lowest BCUT2D eigenvalue weighted by molar-refractivity contribution is 1.14. The van der Waals surface area contributed by atoms with Crippen LogP contribution in [-0.4, -0.2) is 12.8 Å². The maximum absolute atomic E-state index is 3.91. The van der Waals surface area contributed by atoms with Gasteiger partial charge in [-0.05, 0) is 13.1 Å². The van der Waals surface area contributed by atoms with Crippen molar-refractivity contribution in [3.05, 3.63) is 25.1 Å². The third-order valence-corrected chi connectivity index (χ3v) is 1.05. The average molecular weight is 126 g/mol. The van der Waals surface area contributed by atoms with Crippen molar-refractivity contribution in [1.82, 2.24) is 5.32 Å². The zero-order chi connectivity index (χ0) is 7.28. The van der Waals surface area contributed by atoms with Crippen LogP contribution in [0.15, 0.2) is 30.0 Å². The fraction of sp³-hybridized carbons (Fsp3) is 0.286. The van der Waals surface area contributed by atoms with Crippen LogP contribution < -0.4 is 5.32 Å². The highest BCUT2D eigenvalue weighted by atomic mass is 14.9. The number of hydrogen-bond acceptors (Lipinski definition) is 2. The molecule has 9 heavy (non-hydrogen) atoms. The number of aliphatic imine (C=N–C) groups is 1. The van der Waals surface area contributed by atoms with E-state index in [1.54, 1.807) is 13.2 Å². The van der Waals surface area contributed by atoms with Crippen LogP contribution in [0.25, 0.3) is 0 Å². The van der Waals surface area contributed by atoms with Crippen LogP contribution in [-0.2, 0) is 0 Å². The van der Waals surface area contributed by atoms with Gasteiger partial charge in [0.05, 0.1) is 11.4 Å². The van der Waals surface area contributed by atoms with Gasteiger partial charge >= 0.3 is 0 Å². The molecule has 0 rings (SSSR count). The Morgan fingerprint density at radius 3 is 2.67 bits per heavy atom. The summed E-state index contributed by atoms with van der Waals surface area (Å²) >= 11 is 0. The second-order valence-electron chi connectivity index (χ2n) is 1.64. The highest BCUT2D eigenvalue weighted by Crippen LogP contribution is 1.87. The van der Waals surface area contributed by atoms with Crippen LogP contribution in [0.3, 0.4) is 0 Å². The van der Waals surface area contributed by atoms with Crippen LogP contribution in [0.4, 0.5) is 0 Å². The Kier molecular flexibility index (Phi) is 3.44. The normalized spacial score (nSPS) is 10.7. The van der Waals surface area contributed by atoms with Crippen molar-refractivity contribution >= 4 is 5.71 Å². The molecule has 2 heteroatoms. The van der Waals surface area contributed by atoms with Crippen LogP contribution in [0.5, 0.6) is 0 Å². The molecule has 0 unspecified atom stereocenters. The number of allylic oxidation sites excluding steroid dienone is 1. The molecule has 0 aliphatic heterocycles. The van der Waals surface area contributed by atoms with E-state index in [4.69, 9.17) is 0 Å². The van der Waals surface area contributed by atoms with E-state index in [-0.39, 0.29) is 1.43 Å². The SMILES string of the molecule is C=CNC(=C)C(C)=NC.[HH]. The van der Waals surface area contributed by atoms with Crippen molar-refractivity contribution in [2.24, 2.45) is 4.99 Å². The van der Waals surface area contributed by atoms with Crippen molar-refractivity contribution in [2.45, 2.75) is 6.92 Å². The Labute approximate surface area is 57.5 Å². The molecule has 0 heterocycles. The van der Waals surface area contributed by atoms with E-state index in [1.807, 2.05) is 6.92 Å². The third kappa shape index (κ3) is 2.69. The van der Waals surface area contributed by atoms with Crippen LogP contribution in [0.1, 0.15) is 8.35 Å². The van der Waals surface area contributed by atoms with Gasteiger partial charge in [-0.15, -0.1) is 0 Å². The second-order valence-corrected chi connectivity index (χ2v) is 1.64. The van der Waals surface area contributed by atoms with E-state index in [9.17, 15) is 0 Å². The molecule has 0 saturated carbocycles. The second kappa shape index (κ2) is 3.89. The van der Waals surface area contributed by atoms with Gasteiger partial charge in [-0.25, -0.2) is 0 Å². The molecule has 52 valence electrons. The first-order valence-corrected chi connectivity index (χ1v) is 2.72. The van der Waals surface area contributed by atoms with Gasteiger partial charge in [0.1, 0.15) is 0 Å². The number of rotatable bonds is 3. The molecule has 0 aliphatic rings. The van der Waals surface area contributed by atoms with E-state index >= 15 is 0 Å². The Balaban J connectivity index is 0. The number of hydrogen-bond donors (Lipinski definition) is 1. The number of nitrogens with one attached hydrogen (secondary N) is 1. The van der Waals surface area contributed by atoms with Crippen LogP contribution in [0.2, 0.25) is 0 Å². The Morgan fingerprint density at radius 1 is 1.78 bits per heavy atom. The molecule has 0 aromatic heterocycles. The summed E-state index contributed by atoms with van der Waals surface area (Å²) in [6.45, 7) is 9.08. The van der Waals surface area contributed by atoms with E-state index in [1.165, 1.54) is 0 Å². The van der Waals surface area contributed by atoms with Crippen molar-refractivity contribution in [2.75, 3.05) is 7.05 Å². The summed E-state index contributed by atoms with van der Waals surface area (Å²) < 4.78 is 0. The van der Waals surface area contributed by atoms with Crippen LogP contribution in [0, 0.1) is 0 Å². The topological polar surface area (TPSA) is 24.4 Å². The molecule has 0 aromatic carbocycles. The summed E-state index contributed by atoms with van der Waals surface area (Å²) in [5, 5.41) is 2.83. The van der Waals surface area contributed by atoms with Gasteiger partial charge in [0, 0.05) is 8.47 Å². The van der Waals surface area contributed by atoms with Crippen molar-refractivity contribution in [3.63, 3.8) is 0 Å². The molecule has 0 saturated heterocycles. The lowest BCUT2D eigenvalue weighted by Gasteiger charge is -2.01. The molecule has 0 bridgehead atoms. The van der Waals surface area contributed by atoms with Gasteiger partial charge in [0.2, 0.25) is 0 Å². The average Bonchev–Trinajstić information content (AvgIpc) is 1.87. The van der Waals surface area contributed by atoms with E-state index in [0.29, 0.717) is 0 Å². The smallest absolute Gasteiger partial charge is 0.0542 e. The highest BCUT2D eigenvalue weighted by Gasteiger charge is 1.90. The Morgan fingerprint density at radius 2 is 2.33 bits per heavy atom. The third-order valence-electron chi connectivity index (χ3n) is 1.05. The molecule has 0 radical (unpaired) electrons. The molecule has 0 atom stereocenters. The van der Waals surface area contributed by atoms with E-state index in [0.717, 1.165) is 11.4 Å². The van der Waals surface area contributed by atoms with Crippen molar-refractivity contribution in [3.8, 4) is 0 Å². The molecule has 0 aliphatic carbocycles. The first-order valence-electron chi connectivity index (χ1n) is 2.72. The minimum absolute atomic E-state index is 0. The van der Waals surface area contributed by atoms with E-state index < -0.39 is 0 Å². The quantitative estimate of drug-likeness (QED) is 0.570. The van der Waals surface area contributed by atoms with Gasteiger partial charge in [-0.1, -0.05) is 13.2 Å². The molecule has 0 aromatic rings. The maximum Gasteiger partial charge on any atom is 0.0542 e. The highest BCUT2D eigenvalue weighted by molar-refractivity contribution is 5.97. The molecular weight excluding hydrogens is 112 g/mol. The standard InChI is InChI=1S/C7H12N2.H2/c1-5-9-7(3)6(2)8-4;/h5,9H,1,3H2,2,4H3;1H. The summed E-state index contributed by atoms with van der Waals surface area (Å²) in [6, 6.07) is 0. The predicted octanol–water partition coefficient (Wildman–Crippen LogP) is 1.57. The first-order chi connectivity index (χ1) is 4.22. The molecule has 2 nitrogen and oxygen atoms in total. The lowest BCUT2D eigenvalue weighted by atomic mass is 10.3. The molecule has 0 fully saturated rings. The van der Waals surface area contributed by atoms with E-state index in [2.05, 4.69) is 23.5 Å². The summed E-state index contributed by atoms with van der Waals surface area (Å²) in [5.41, 5.74) is 1.70. The summed E-state index contributed by atoms with van der Waals surface area (Å²) in [7, 11) is 1.73. The first kappa shape index (κ1) is 7.95. The zero-order valence-electron chi connectivity index (χ0n) is 5.94. The van der Waals surface area contributed by atoms with Gasteiger partial charge in [-0.2, -0.15) is 0 Å². The minimum Gasteiger partial charge on any atom is -0.361 e. The number of nitrogens with zero attached hydrogens (tertiary/aromatic N) is 1. The van der Waals surface area contributed by atoms with Gasteiger partial charge in [0.15, 0.2) is 0 Å². The zero-order valence-corrected chi connectivity index (χ0v) is 5.94. The summed E-state index contributed by atoms with van der Waals surface area (Å²) in [4.78, 5) is 3.91. The van der Waals surface area contributed by atoms with Crippen molar-refractivity contribution < 1.29 is 1.43 Å². The summed E-state index contributed by atoms with van der Waals surface area (Å²) in [5.74, 6) is 0. The van der Waals surface area contributed by atoms with Crippen LogP contribution >= 0.6 is 0 Å². The Hall–Kier alpha value is -1.05. The van der Waals surface area contributed by atoms with Gasteiger partial charge in [0.25, 0.3) is 0 Å². The minimum atomic E-state index is 0. The predicted molar refractivity (Wildman–Crippen MR) is 43.6 cm³/mol. The van der Waals surface area contributed by atoms with Gasteiger partial charge < -0.3 is 5.32 Å². The lowest BCUT2D eigenvalue weighted by Crippen LogP contribution is -2.10. The fourth-order valence-corrected chi connectivity index (χ4v) is 0.363. The largest absolute Gasteiger partial charge is 0.361 e. The van der Waals surface area contributed by atoms with Crippen molar-refractivity contribution in [1.29, 1.82) is 0 Å². The molecule has 0 amide bonds. The molecule has 0 spiro atoms. The molecular formula is C7H14N2. The summed E-state index contributed by atoms with van der Waals surface area (Å²) in [6.07, 6.45) is 1.58. The Bertz CT molecular complexity index is 150. The fourth-order valence-electron chi connectivity index (χ4n) is 0.363. The monoisotopic (exact) mass is 126 g/mol. The van der Waals surface area contributed by atoms with Gasteiger partial charge in [-0.3, -0.25) is 4.99 Å². The molecule has 1 N–H and O–H groups in total. The maximum atomic E-state index is 3.91.